The third-order valence-corrected chi connectivity index (χ3v) is 10.1. The van der Waals surface area contributed by atoms with Crippen molar-refractivity contribution in [1.29, 1.82) is 0 Å². The summed E-state index contributed by atoms with van der Waals surface area (Å²) in [6.45, 7) is 3.36. The predicted octanol–water partition coefficient (Wildman–Crippen LogP) is 5.33. The molecule has 1 aliphatic heterocycles. The molecule has 8 N–H and O–H groups in total. The van der Waals surface area contributed by atoms with Crippen LogP contribution in [-0.4, -0.2) is 110 Å². The molecule has 1 fully saturated rings. The Morgan fingerprint density at radius 1 is 0.686 bits per heavy atom. The van der Waals surface area contributed by atoms with Crippen LogP contribution in [0.25, 0.3) is 0 Å². The summed E-state index contributed by atoms with van der Waals surface area (Å²) >= 11 is 0. The first-order chi connectivity index (χ1) is 24.7. The summed E-state index contributed by atoms with van der Waals surface area (Å²) in [4.78, 5) is 13.0. The van der Waals surface area contributed by atoms with Gasteiger partial charge in [-0.1, -0.05) is 154 Å². The lowest BCUT2D eigenvalue weighted by atomic mass is 9.99. The van der Waals surface area contributed by atoms with E-state index in [1.807, 2.05) is 6.08 Å². The van der Waals surface area contributed by atoms with Crippen molar-refractivity contribution in [3.05, 3.63) is 12.2 Å². The molecule has 0 aromatic heterocycles. The second-order valence-corrected chi connectivity index (χ2v) is 14.7. The van der Waals surface area contributed by atoms with Gasteiger partial charge in [-0.05, 0) is 25.7 Å². The van der Waals surface area contributed by atoms with E-state index in [4.69, 9.17) is 9.47 Å². The Labute approximate surface area is 309 Å². The zero-order chi connectivity index (χ0) is 37.7. The minimum atomic E-state index is -1.67. The van der Waals surface area contributed by atoms with Gasteiger partial charge in [0.1, 0.15) is 36.6 Å². The van der Waals surface area contributed by atoms with Gasteiger partial charge in [-0.3, -0.25) is 4.79 Å². The van der Waals surface area contributed by atoms with Crippen molar-refractivity contribution in [1.82, 2.24) is 5.32 Å². The predicted molar refractivity (Wildman–Crippen MR) is 201 cm³/mol. The number of unbranched alkanes of at least 4 members (excludes halogenated alkanes) is 20. The number of rotatable bonds is 33. The smallest absolute Gasteiger partial charge is 0.249 e. The number of carbonyl (C=O) groups is 1. The molecule has 0 aromatic rings. The Kier molecular flexibility index (Phi) is 29.3. The maximum absolute atomic E-state index is 13.0. The summed E-state index contributed by atoms with van der Waals surface area (Å²) in [5, 5.41) is 75.2. The van der Waals surface area contributed by atoms with Gasteiger partial charge in [0, 0.05) is 0 Å². The van der Waals surface area contributed by atoms with Gasteiger partial charge in [-0.2, -0.15) is 0 Å². The minimum absolute atomic E-state index is 0.131. The molecule has 0 aromatic carbocycles. The van der Waals surface area contributed by atoms with Crippen LogP contribution < -0.4 is 5.32 Å². The van der Waals surface area contributed by atoms with Crippen LogP contribution in [0, 0.1) is 0 Å². The summed E-state index contributed by atoms with van der Waals surface area (Å²) < 4.78 is 11.0. The van der Waals surface area contributed by atoms with E-state index in [0.717, 1.165) is 38.5 Å². The minimum Gasteiger partial charge on any atom is -0.394 e. The van der Waals surface area contributed by atoms with Gasteiger partial charge in [0.2, 0.25) is 5.91 Å². The van der Waals surface area contributed by atoms with Crippen molar-refractivity contribution in [2.75, 3.05) is 13.2 Å². The number of aliphatic hydroxyl groups excluding tert-OH is 7. The average molecular weight is 732 g/mol. The third kappa shape index (κ3) is 22.0. The molecule has 11 heteroatoms. The maximum atomic E-state index is 13.0. The highest BCUT2D eigenvalue weighted by molar-refractivity contribution is 5.80. The van der Waals surface area contributed by atoms with Gasteiger partial charge in [-0.15, -0.1) is 0 Å². The van der Waals surface area contributed by atoms with Gasteiger partial charge in [0.05, 0.1) is 25.4 Å². The van der Waals surface area contributed by atoms with Gasteiger partial charge in [-0.25, -0.2) is 0 Å². The quantitative estimate of drug-likeness (QED) is 0.0324. The fourth-order valence-electron chi connectivity index (χ4n) is 6.55. The number of ether oxygens (including phenoxy) is 2. The molecular weight excluding hydrogens is 654 g/mol. The van der Waals surface area contributed by atoms with Crippen LogP contribution in [0.15, 0.2) is 12.2 Å². The molecule has 0 bridgehead atoms. The first-order valence-electron chi connectivity index (χ1n) is 20.6. The van der Waals surface area contributed by atoms with Crippen molar-refractivity contribution in [3.8, 4) is 0 Å². The zero-order valence-corrected chi connectivity index (χ0v) is 32.1. The molecule has 0 spiro atoms. The van der Waals surface area contributed by atoms with Crippen molar-refractivity contribution in [2.45, 2.75) is 223 Å². The lowest BCUT2D eigenvalue weighted by Gasteiger charge is -2.40. The summed E-state index contributed by atoms with van der Waals surface area (Å²) in [7, 11) is 0. The normalized spacial score (nSPS) is 23.4. The molecule has 1 rings (SSSR count). The maximum Gasteiger partial charge on any atom is 0.249 e. The standard InChI is InChI=1S/C40H77NO10/c1-3-5-7-9-11-13-15-16-18-20-22-24-26-28-33(44)39(49)41-31(30-50-40-38(48)37(47)36(46)34(29-42)51-40)35(45)32(43)27-25-23-21-19-17-14-12-10-8-6-4-2/h23,25,31-38,40,42-48H,3-22,24,26-30H2,1-2H3,(H,41,49)/b25-23+/t31-,32+,33+,34+,35-,36+,37-,38+,40+/m0/s1. The highest BCUT2D eigenvalue weighted by Gasteiger charge is 2.44. The number of hydrogen-bond donors (Lipinski definition) is 8. The van der Waals surface area contributed by atoms with Crippen LogP contribution in [-0.2, 0) is 14.3 Å². The van der Waals surface area contributed by atoms with Crippen LogP contribution in [0.3, 0.4) is 0 Å². The highest BCUT2D eigenvalue weighted by atomic mass is 16.7. The molecular formula is C40H77NO10. The van der Waals surface area contributed by atoms with Crippen LogP contribution in [0.5, 0.6) is 0 Å². The second kappa shape index (κ2) is 31.2. The summed E-state index contributed by atoms with van der Waals surface area (Å²) in [5.41, 5.74) is 0. The molecule has 11 nitrogen and oxygen atoms in total. The topological polar surface area (TPSA) is 189 Å². The summed E-state index contributed by atoms with van der Waals surface area (Å²) in [5.74, 6) is -0.715. The molecule has 1 heterocycles. The number of hydrogen-bond acceptors (Lipinski definition) is 10. The number of allylic oxidation sites excluding steroid dienone is 1. The molecule has 1 amide bonds. The molecule has 51 heavy (non-hydrogen) atoms. The molecule has 302 valence electrons. The number of amides is 1. The Hall–Kier alpha value is -1.15. The van der Waals surface area contributed by atoms with E-state index < -0.39 is 74.2 Å². The van der Waals surface area contributed by atoms with Crippen molar-refractivity contribution in [3.63, 3.8) is 0 Å². The molecule has 9 atom stereocenters. The Balaban J connectivity index is 2.56. The lowest BCUT2D eigenvalue weighted by molar-refractivity contribution is -0.303. The van der Waals surface area contributed by atoms with Crippen LogP contribution in [0.1, 0.15) is 168 Å². The van der Waals surface area contributed by atoms with E-state index in [2.05, 4.69) is 19.2 Å². The second-order valence-electron chi connectivity index (χ2n) is 14.7. The van der Waals surface area contributed by atoms with E-state index in [9.17, 15) is 40.5 Å². The monoisotopic (exact) mass is 732 g/mol. The largest absolute Gasteiger partial charge is 0.394 e. The summed E-state index contributed by atoms with van der Waals surface area (Å²) in [6.07, 6.45) is 18.6. The number of nitrogens with one attached hydrogen (secondary N) is 1. The van der Waals surface area contributed by atoms with Crippen molar-refractivity contribution < 1.29 is 50.0 Å². The van der Waals surface area contributed by atoms with Gasteiger partial charge in [0.15, 0.2) is 6.29 Å². The molecule has 1 saturated heterocycles. The molecule has 0 unspecified atom stereocenters. The SMILES string of the molecule is CCCCCCCCCC/C=C/C[C@@H](O)[C@@H](O)[C@H](CO[C@@H]1O[C@H](CO)[C@@H](O)[C@H](O)[C@H]1O)NC(=O)[C@H](O)CCCCCCCCCCCCCCC. The Morgan fingerprint density at radius 2 is 1.18 bits per heavy atom. The fourth-order valence-corrected chi connectivity index (χ4v) is 6.55. The lowest BCUT2D eigenvalue weighted by Crippen LogP contribution is -2.60. The number of carbonyl (C=O) groups excluding carboxylic acids is 1. The van der Waals surface area contributed by atoms with E-state index in [1.54, 1.807) is 6.08 Å². The van der Waals surface area contributed by atoms with Gasteiger partial charge in [0.25, 0.3) is 0 Å². The van der Waals surface area contributed by atoms with E-state index in [0.29, 0.717) is 6.42 Å². The third-order valence-electron chi connectivity index (χ3n) is 10.1. The van der Waals surface area contributed by atoms with Gasteiger partial charge >= 0.3 is 0 Å². The molecule has 0 saturated carbocycles. The molecule has 1 aliphatic rings. The average Bonchev–Trinajstić information content (AvgIpc) is 3.13. The van der Waals surface area contributed by atoms with E-state index >= 15 is 0 Å². The van der Waals surface area contributed by atoms with E-state index in [1.165, 1.54) is 96.3 Å². The summed E-state index contributed by atoms with van der Waals surface area (Å²) in [6, 6.07) is -1.19. The highest BCUT2D eigenvalue weighted by Crippen LogP contribution is 2.23. The van der Waals surface area contributed by atoms with Gasteiger partial charge < -0.3 is 50.5 Å². The van der Waals surface area contributed by atoms with E-state index in [-0.39, 0.29) is 12.8 Å². The van der Waals surface area contributed by atoms with Crippen LogP contribution in [0.2, 0.25) is 0 Å². The van der Waals surface area contributed by atoms with Crippen molar-refractivity contribution in [2.24, 2.45) is 0 Å². The first kappa shape index (κ1) is 47.9. The van der Waals surface area contributed by atoms with Crippen LogP contribution in [0.4, 0.5) is 0 Å². The zero-order valence-electron chi connectivity index (χ0n) is 32.1. The first-order valence-corrected chi connectivity index (χ1v) is 20.6. The van der Waals surface area contributed by atoms with Crippen molar-refractivity contribution >= 4 is 5.91 Å². The molecule has 0 radical (unpaired) electrons. The fraction of sp³-hybridized carbons (Fsp3) is 0.925. The molecule has 0 aliphatic carbocycles. The Morgan fingerprint density at radius 3 is 1.69 bits per heavy atom. The Bertz CT molecular complexity index is 846. The van der Waals surface area contributed by atoms with Crippen LogP contribution >= 0.6 is 0 Å². The number of aliphatic hydroxyl groups is 7.